The van der Waals surface area contributed by atoms with E-state index in [1.807, 2.05) is 44.2 Å². The first kappa shape index (κ1) is 22.9. The maximum Gasteiger partial charge on any atom is 0.338 e. The molecule has 0 radical (unpaired) electrons. The molecule has 0 fully saturated rings. The van der Waals surface area contributed by atoms with Crippen LogP contribution in [0.3, 0.4) is 0 Å². The largest absolute Gasteiger partial charge is 0.493 e. The molecule has 3 rings (SSSR count). The number of amides is 1. The fourth-order valence-corrected chi connectivity index (χ4v) is 3.03. The summed E-state index contributed by atoms with van der Waals surface area (Å²) in [4.78, 5) is 24.3. The molecule has 32 heavy (non-hydrogen) atoms. The Bertz CT molecular complexity index is 1040. The van der Waals surface area contributed by atoms with Crippen molar-refractivity contribution in [3.8, 4) is 11.5 Å². The zero-order valence-electron chi connectivity index (χ0n) is 18.3. The summed E-state index contributed by atoms with van der Waals surface area (Å²) in [5, 5.41) is 6.63. The van der Waals surface area contributed by atoms with E-state index in [2.05, 4.69) is 10.5 Å². The molecule has 1 heterocycles. The van der Waals surface area contributed by atoms with Gasteiger partial charge in [-0.1, -0.05) is 35.5 Å². The van der Waals surface area contributed by atoms with Crippen molar-refractivity contribution in [3.63, 3.8) is 0 Å². The molecule has 1 amide bonds. The number of hydrogen-bond donors (Lipinski definition) is 1. The molecule has 0 saturated heterocycles. The minimum Gasteiger partial charge on any atom is -0.493 e. The number of aromatic nitrogens is 1. The summed E-state index contributed by atoms with van der Waals surface area (Å²) in [6, 6.07) is 14.5. The van der Waals surface area contributed by atoms with Crippen LogP contribution in [-0.2, 0) is 22.6 Å². The van der Waals surface area contributed by atoms with Gasteiger partial charge in [-0.3, -0.25) is 4.79 Å². The Balaban J connectivity index is 1.49. The topological polar surface area (TPSA) is 99.9 Å². The third-order valence-electron chi connectivity index (χ3n) is 4.87. The van der Waals surface area contributed by atoms with E-state index in [0.717, 1.165) is 16.8 Å². The Morgan fingerprint density at radius 2 is 1.84 bits per heavy atom. The molecule has 8 nitrogen and oxygen atoms in total. The number of methoxy groups -OCH3 is 1. The number of esters is 1. The van der Waals surface area contributed by atoms with E-state index in [4.69, 9.17) is 18.7 Å². The van der Waals surface area contributed by atoms with Crippen molar-refractivity contribution >= 4 is 11.9 Å². The third-order valence-corrected chi connectivity index (χ3v) is 4.87. The van der Waals surface area contributed by atoms with Gasteiger partial charge in [0.1, 0.15) is 12.4 Å². The Labute approximate surface area is 186 Å². The minimum atomic E-state index is -0.626. The Hall–Kier alpha value is -3.81. The number of ether oxygens (including phenoxy) is 3. The molecule has 0 saturated carbocycles. The lowest BCUT2D eigenvalue weighted by Crippen LogP contribution is -2.30. The first-order valence-electron chi connectivity index (χ1n) is 10.2. The number of nitrogens with zero attached hydrogens (tertiary/aromatic N) is 1. The highest BCUT2D eigenvalue weighted by atomic mass is 16.5. The van der Waals surface area contributed by atoms with Crippen LogP contribution in [0.2, 0.25) is 0 Å². The van der Waals surface area contributed by atoms with Crippen molar-refractivity contribution in [2.75, 3.05) is 20.3 Å². The first-order valence-corrected chi connectivity index (χ1v) is 10.2. The number of nitrogens with one attached hydrogen (secondary N) is 1. The number of hydrogen-bond acceptors (Lipinski definition) is 7. The predicted octanol–water partition coefficient (Wildman–Crippen LogP) is 3.39. The van der Waals surface area contributed by atoms with Gasteiger partial charge in [0.2, 0.25) is 0 Å². The van der Waals surface area contributed by atoms with Crippen LogP contribution in [0.25, 0.3) is 0 Å². The van der Waals surface area contributed by atoms with Crippen LogP contribution >= 0.6 is 0 Å². The highest BCUT2D eigenvalue weighted by molar-refractivity contribution is 5.92. The number of carbonyl (C=O) groups is 2. The third kappa shape index (κ3) is 6.10. The van der Waals surface area contributed by atoms with E-state index in [-0.39, 0.29) is 24.7 Å². The molecule has 0 atom stereocenters. The summed E-state index contributed by atoms with van der Waals surface area (Å²) in [5.41, 5.74) is 2.98. The molecule has 8 heteroatoms. The highest BCUT2D eigenvalue weighted by Crippen LogP contribution is 2.29. The lowest BCUT2D eigenvalue weighted by atomic mass is 10.1. The van der Waals surface area contributed by atoms with Crippen LogP contribution in [-0.4, -0.2) is 37.3 Å². The highest BCUT2D eigenvalue weighted by Gasteiger charge is 2.16. The second-order valence-electron chi connectivity index (χ2n) is 7.12. The Kier molecular flexibility index (Phi) is 7.85. The lowest BCUT2D eigenvalue weighted by molar-refractivity contribution is -0.124. The van der Waals surface area contributed by atoms with Crippen LogP contribution in [0.15, 0.2) is 53.1 Å². The number of benzene rings is 2. The summed E-state index contributed by atoms with van der Waals surface area (Å²) < 4.78 is 21.4. The predicted molar refractivity (Wildman–Crippen MR) is 117 cm³/mol. The monoisotopic (exact) mass is 438 g/mol. The van der Waals surface area contributed by atoms with Crippen molar-refractivity contribution in [1.29, 1.82) is 0 Å². The molecule has 0 aliphatic carbocycles. The fourth-order valence-electron chi connectivity index (χ4n) is 3.03. The van der Waals surface area contributed by atoms with Gasteiger partial charge in [0, 0.05) is 6.54 Å². The van der Waals surface area contributed by atoms with E-state index in [1.54, 1.807) is 12.1 Å². The molecule has 1 N–H and O–H groups in total. The molecule has 0 bridgehead atoms. The smallest absolute Gasteiger partial charge is 0.338 e. The maximum absolute atomic E-state index is 12.3. The van der Waals surface area contributed by atoms with Crippen LogP contribution in [0.4, 0.5) is 0 Å². The fraction of sp³-hybridized carbons (Fsp3) is 0.292. The van der Waals surface area contributed by atoms with Crippen molar-refractivity contribution in [2.24, 2.45) is 0 Å². The first-order chi connectivity index (χ1) is 15.5. The van der Waals surface area contributed by atoms with Gasteiger partial charge in [-0.25, -0.2) is 4.79 Å². The lowest BCUT2D eigenvalue weighted by Gasteiger charge is -2.12. The van der Waals surface area contributed by atoms with Crippen molar-refractivity contribution in [2.45, 2.75) is 26.9 Å². The van der Waals surface area contributed by atoms with E-state index in [0.29, 0.717) is 30.2 Å². The van der Waals surface area contributed by atoms with Gasteiger partial charge >= 0.3 is 5.97 Å². The van der Waals surface area contributed by atoms with Gasteiger partial charge in [0.25, 0.3) is 5.91 Å². The number of aryl methyl sites for hydroxylation is 2. The maximum atomic E-state index is 12.3. The average Bonchev–Trinajstić information content (AvgIpc) is 3.13. The normalized spacial score (nSPS) is 10.5. The summed E-state index contributed by atoms with van der Waals surface area (Å²) in [6.45, 7) is 4.01. The molecule has 168 valence electrons. The molecule has 0 aliphatic heterocycles. The van der Waals surface area contributed by atoms with Crippen molar-refractivity contribution in [1.82, 2.24) is 10.5 Å². The number of carbonyl (C=O) groups excluding carboxylic acids is 2. The van der Waals surface area contributed by atoms with Crippen LogP contribution in [0, 0.1) is 13.8 Å². The standard InChI is InChI=1S/C24H26N2O6/c1-16-20(17(2)32-26-16)14-30-21-10-9-19(13-22(21)29-3)24(28)31-15-23(27)25-12-11-18-7-5-4-6-8-18/h4-10,13H,11-12,14-15H2,1-3H3,(H,25,27). The number of rotatable bonds is 10. The minimum absolute atomic E-state index is 0.253. The van der Waals surface area contributed by atoms with Gasteiger partial charge in [0.05, 0.1) is 23.9 Å². The van der Waals surface area contributed by atoms with Gasteiger partial charge in [-0.2, -0.15) is 0 Å². The second-order valence-corrected chi connectivity index (χ2v) is 7.12. The molecule has 2 aromatic carbocycles. The molecule has 0 unspecified atom stereocenters. The molecule has 1 aromatic heterocycles. The average molecular weight is 438 g/mol. The zero-order valence-corrected chi connectivity index (χ0v) is 18.3. The van der Waals surface area contributed by atoms with Crippen molar-refractivity contribution < 1.29 is 28.3 Å². The van der Waals surface area contributed by atoms with Crippen LogP contribution in [0.5, 0.6) is 11.5 Å². The van der Waals surface area contributed by atoms with Crippen molar-refractivity contribution in [3.05, 3.63) is 76.7 Å². The Morgan fingerprint density at radius 3 is 2.53 bits per heavy atom. The summed E-state index contributed by atoms with van der Waals surface area (Å²) >= 11 is 0. The zero-order chi connectivity index (χ0) is 22.9. The van der Waals surface area contributed by atoms with E-state index in [1.165, 1.54) is 13.2 Å². The van der Waals surface area contributed by atoms with E-state index in [9.17, 15) is 9.59 Å². The van der Waals surface area contributed by atoms with Gasteiger partial charge in [0.15, 0.2) is 18.1 Å². The van der Waals surface area contributed by atoms with E-state index < -0.39 is 5.97 Å². The SMILES string of the molecule is COc1cc(C(=O)OCC(=O)NCCc2ccccc2)ccc1OCc1c(C)noc1C. The van der Waals surface area contributed by atoms with Crippen LogP contribution < -0.4 is 14.8 Å². The van der Waals surface area contributed by atoms with Gasteiger partial charge in [-0.15, -0.1) is 0 Å². The molecular formula is C24H26N2O6. The molecule has 0 aliphatic rings. The molecular weight excluding hydrogens is 412 g/mol. The summed E-state index contributed by atoms with van der Waals surface area (Å²) in [5.74, 6) is 0.532. The Morgan fingerprint density at radius 1 is 1.06 bits per heavy atom. The summed E-state index contributed by atoms with van der Waals surface area (Å²) in [7, 11) is 1.48. The molecule has 3 aromatic rings. The second kappa shape index (κ2) is 11.0. The molecule has 0 spiro atoms. The van der Waals surface area contributed by atoms with Crippen LogP contribution in [0.1, 0.15) is 32.9 Å². The van der Waals surface area contributed by atoms with Gasteiger partial charge < -0.3 is 24.1 Å². The summed E-state index contributed by atoms with van der Waals surface area (Å²) in [6.07, 6.45) is 0.702. The van der Waals surface area contributed by atoms with Gasteiger partial charge in [-0.05, 0) is 44.0 Å². The van der Waals surface area contributed by atoms with E-state index >= 15 is 0 Å². The quantitative estimate of drug-likeness (QED) is 0.484.